The van der Waals surface area contributed by atoms with Gasteiger partial charge >= 0.3 is 6.03 Å². The predicted octanol–water partition coefficient (Wildman–Crippen LogP) is -1.25. The molecule has 0 bridgehead atoms. The van der Waals surface area contributed by atoms with Crippen molar-refractivity contribution in [3.63, 3.8) is 0 Å². The van der Waals surface area contributed by atoms with E-state index in [1.807, 2.05) is 0 Å². The highest BCUT2D eigenvalue weighted by Gasteiger charge is 2.49. The van der Waals surface area contributed by atoms with Gasteiger partial charge < -0.3 is 5.73 Å². The van der Waals surface area contributed by atoms with E-state index in [4.69, 9.17) is 5.73 Å². The second-order valence-corrected chi connectivity index (χ2v) is 3.21. The van der Waals surface area contributed by atoms with E-state index in [9.17, 15) is 14.4 Å². The molecule has 72 valence electrons. The summed E-state index contributed by atoms with van der Waals surface area (Å²) < 4.78 is 0. The third kappa shape index (κ3) is 1.10. The van der Waals surface area contributed by atoms with Crippen LogP contribution in [0, 0.1) is 0 Å². The molecule has 1 rings (SSSR count). The Bertz CT molecular complexity index is 271. The third-order valence-corrected chi connectivity index (χ3v) is 2.07. The highest BCUT2D eigenvalue weighted by Crippen LogP contribution is 2.16. The van der Waals surface area contributed by atoms with Gasteiger partial charge in [0.2, 0.25) is 0 Å². The summed E-state index contributed by atoms with van der Waals surface area (Å²) in [5, 5.41) is 0. The van der Waals surface area contributed by atoms with Crippen molar-refractivity contribution < 1.29 is 14.4 Å². The minimum absolute atomic E-state index is 0.655. The average molecular weight is 185 g/mol. The van der Waals surface area contributed by atoms with Crippen LogP contribution in [0.25, 0.3) is 0 Å². The highest BCUT2D eigenvalue weighted by molar-refractivity contribution is 6.21. The number of carbonyl (C=O) groups is 3. The number of imide groups is 2. The molecule has 0 spiro atoms. The van der Waals surface area contributed by atoms with Gasteiger partial charge in [-0.05, 0) is 6.92 Å². The smallest absolute Gasteiger partial charge is 0.310 e. The van der Waals surface area contributed by atoms with Crippen LogP contribution in [-0.4, -0.2) is 47.3 Å². The molecular weight excluding hydrogens is 174 g/mol. The van der Waals surface area contributed by atoms with Crippen molar-refractivity contribution in [1.82, 2.24) is 9.80 Å². The van der Waals surface area contributed by atoms with Crippen LogP contribution in [0.2, 0.25) is 0 Å². The Morgan fingerprint density at radius 2 is 1.38 bits per heavy atom. The molecule has 6 nitrogen and oxygen atoms in total. The van der Waals surface area contributed by atoms with E-state index in [1.165, 1.54) is 21.0 Å². The molecule has 2 N–H and O–H groups in total. The number of hydrogen-bond donors (Lipinski definition) is 1. The number of barbiturate groups is 1. The lowest BCUT2D eigenvalue weighted by Crippen LogP contribution is -2.69. The third-order valence-electron chi connectivity index (χ3n) is 2.07. The predicted molar refractivity (Wildman–Crippen MR) is 43.5 cm³/mol. The number of likely N-dealkylation sites (N-methyl/N-ethyl adjacent to an activating group) is 2. The largest absolute Gasteiger partial charge is 0.332 e. The summed E-state index contributed by atoms with van der Waals surface area (Å²) >= 11 is 0. The summed E-state index contributed by atoms with van der Waals surface area (Å²) in [6.07, 6.45) is 0. The van der Waals surface area contributed by atoms with Crippen molar-refractivity contribution in [2.24, 2.45) is 5.73 Å². The molecule has 0 aromatic carbocycles. The zero-order chi connectivity index (χ0) is 10.4. The molecule has 0 atom stereocenters. The molecule has 13 heavy (non-hydrogen) atoms. The van der Waals surface area contributed by atoms with Crippen LogP contribution >= 0.6 is 0 Å². The van der Waals surface area contributed by atoms with Crippen LogP contribution in [0.1, 0.15) is 6.92 Å². The first-order valence-electron chi connectivity index (χ1n) is 3.69. The minimum Gasteiger partial charge on any atom is -0.310 e. The van der Waals surface area contributed by atoms with Gasteiger partial charge in [0, 0.05) is 14.1 Å². The molecule has 4 amide bonds. The Hall–Kier alpha value is -1.43. The Morgan fingerprint density at radius 1 is 1.08 bits per heavy atom. The Morgan fingerprint density at radius 3 is 1.69 bits per heavy atom. The molecule has 1 fully saturated rings. The van der Waals surface area contributed by atoms with Gasteiger partial charge in [0.05, 0.1) is 0 Å². The lowest BCUT2D eigenvalue weighted by Gasteiger charge is -2.36. The van der Waals surface area contributed by atoms with Crippen LogP contribution in [0.4, 0.5) is 4.79 Å². The lowest BCUT2D eigenvalue weighted by atomic mass is 9.98. The zero-order valence-corrected chi connectivity index (χ0v) is 7.70. The number of carbonyl (C=O) groups excluding carboxylic acids is 3. The first-order chi connectivity index (χ1) is 5.80. The van der Waals surface area contributed by atoms with Crippen molar-refractivity contribution in [1.29, 1.82) is 0 Å². The molecular formula is C7H11N3O3. The van der Waals surface area contributed by atoms with E-state index < -0.39 is 23.4 Å². The summed E-state index contributed by atoms with van der Waals surface area (Å²) in [5.74, 6) is -1.36. The quantitative estimate of drug-likeness (QED) is 0.478. The topological polar surface area (TPSA) is 83.7 Å². The summed E-state index contributed by atoms with van der Waals surface area (Å²) in [6.45, 7) is 1.29. The fourth-order valence-corrected chi connectivity index (χ4v) is 1.19. The van der Waals surface area contributed by atoms with Gasteiger partial charge in [-0.2, -0.15) is 0 Å². The molecule has 0 aromatic heterocycles. The Labute approximate surface area is 75.3 Å². The van der Waals surface area contributed by atoms with E-state index >= 15 is 0 Å². The van der Waals surface area contributed by atoms with E-state index in [2.05, 4.69) is 0 Å². The van der Waals surface area contributed by atoms with Gasteiger partial charge in [-0.25, -0.2) is 4.79 Å². The Kier molecular flexibility index (Phi) is 1.88. The molecule has 1 aliphatic rings. The summed E-state index contributed by atoms with van der Waals surface area (Å²) in [6, 6.07) is -0.655. The molecule has 0 radical (unpaired) electrons. The van der Waals surface area contributed by atoms with Crippen LogP contribution in [0.5, 0.6) is 0 Å². The monoisotopic (exact) mass is 185 g/mol. The number of rotatable bonds is 0. The second-order valence-electron chi connectivity index (χ2n) is 3.21. The SMILES string of the molecule is CN1C(=O)N(C)C(=O)C(C)(N)C1=O. The fourth-order valence-electron chi connectivity index (χ4n) is 1.19. The second kappa shape index (κ2) is 2.53. The van der Waals surface area contributed by atoms with Gasteiger partial charge in [0.25, 0.3) is 11.8 Å². The fraction of sp³-hybridized carbons (Fsp3) is 0.571. The maximum absolute atomic E-state index is 11.3. The summed E-state index contributed by atoms with van der Waals surface area (Å²) in [4.78, 5) is 35.5. The minimum atomic E-state index is -1.63. The molecule has 0 aromatic rings. The molecule has 0 aliphatic carbocycles. The van der Waals surface area contributed by atoms with E-state index in [1.54, 1.807) is 0 Å². The van der Waals surface area contributed by atoms with Crippen LogP contribution in [-0.2, 0) is 9.59 Å². The highest BCUT2D eigenvalue weighted by atomic mass is 16.2. The molecule has 1 aliphatic heterocycles. The lowest BCUT2D eigenvalue weighted by molar-refractivity contribution is -0.148. The van der Waals surface area contributed by atoms with Gasteiger partial charge in [0.15, 0.2) is 5.54 Å². The van der Waals surface area contributed by atoms with E-state index in [-0.39, 0.29) is 0 Å². The summed E-state index contributed by atoms with van der Waals surface area (Å²) in [5.41, 5.74) is 3.85. The molecule has 6 heteroatoms. The van der Waals surface area contributed by atoms with Crippen LogP contribution in [0.3, 0.4) is 0 Å². The van der Waals surface area contributed by atoms with Crippen molar-refractivity contribution in [2.75, 3.05) is 14.1 Å². The van der Waals surface area contributed by atoms with E-state index in [0.29, 0.717) is 0 Å². The Balaban J connectivity index is 3.15. The van der Waals surface area contributed by atoms with Gasteiger partial charge in [-0.3, -0.25) is 19.4 Å². The first-order valence-corrected chi connectivity index (χ1v) is 3.69. The van der Waals surface area contributed by atoms with Gasteiger partial charge in [-0.1, -0.05) is 0 Å². The van der Waals surface area contributed by atoms with Crippen molar-refractivity contribution >= 4 is 17.8 Å². The molecule has 0 unspecified atom stereocenters. The number of amides is 4. The summed E-state index contributed by atoms with van der Waals surface area (Å²) in [7, 11) is 2.58. The van der Waals surface area contributed by atoms with E-state index in [0.717, 1.165) is 9.80 Å². The van der Waals surface area contributed by atoms with Gasteiger partial charge in [0.1, 0.15) is 0 Å². The number of nitrogens with two attached hydrogens (primary N) is 1. The van der Waals surface area contributed by atoms with Gasteiger partial charge in [-0.15, -0.1) is 0 Å². The first kappa shape index (κ1) is 9.66. The number of urea groups is 1. The molecule has 1 saturated heterocycles. The zero-order valence-electron chi connectivity index (χ0n) is 7.70. The molecule has 1 heterocycles. The standard InChI is InChI=1S/C7H11N3O3/c1-7(8)4(11)9(2)6(13)10(3)5(7)12/h8H2,1-3H3. The number of hydrogen-bond acceptors (Lipinski definition) is 4. The molecule has 0 saturated carbocycles. The normalized spacial score (nSPS) is 22.6. The van der Waals surface area contributed by atoms with Crippen LogP contribution in [0.15, 0.2) is 0 Å². The maximum atomic E-state index is 11.3. The number of nitrogens with zero attached hydrogens (tertiary/aromatic N) is 2. The van der Waals surface area contributed by atoms with Crippen molar-refractivity contribution in [3.8, 4) is 0 Å². The van der Waals surface area contributed by atoms with Crippen molar-refractivity contribution in [3.05, 3.63) is 0 Å². The van der Waals surface area contributed by atoms with Crippen LogP contribution < -0.4 is 5.73 Å². The maximum Gasteiger partial charge on any atom is 0.332 e. The van der Waals surface area contributed by atoms with Crippen molar-refractivity contribution in [2.45, 2.75) is 12.5 Å². The average Bonchev–Trinajstić information content (AvgIpc) is 2.09.